The van der Waals surface area contributed by atoms with E-state index in [1.807, 2.05) is 53.4 Å². The molecular weight excluding hydrogens is 326 g/mol. The van der Waals surface area contributed by atoms with E-state index >= 15 is 0 Å². The van der Waals surface area contributed by atoms with Crippen LogP contribution in [0.4, 0.5) is 4.79 Å². The Hall–Kier alpha value is -2.84. The van der Waals surface area contributed by atoms with E-state index < -0.39 is 0 Å². The number of nitrogens with one attached hydrogen (secondary N) is 1. The van der Waals surface area contributed by atoms with Crippen molar-refractivity contribution in [3.8, 4) is 17.2 Å². The SMILES string of the molecule is N#Cc1ccccc1-c1ccc(CNC(=O)N2CCC(CO)CC2)cc1. The number of carbonyl (C=O) groups excluding carboxylic acids is 1. The second-order valence-electron chi connectivity index (χ2n) is 6.63. The second-order valence-corrected chi connectivity index (χ2v) is 6.63. The van der Waals surface area contributed by atoms with E-state index in [1.165, 1.54) is 0 Å². The number of amides is 2. The van der Waals surface area contributed by atoms with Crippen molar-refractivity contribution in [2.24, 2.45) is 5.92 Å². The fraction of sp³-hybridized carbons (Fsp3) is 0.333. The van der Waals surface area contributed by atoms with Gasteiger partial charge in [-0.1, -0.05) is 42.5 Å². The van der Waals surface area contributed by atoms with Gasteiger partial charge in [-0.15, -0.1) is 0 Å². The third kappa shape index (κ3) is 4.22. The van der Waals surface area contributed by atoms with Crippen LogP contribution in [0.15, 0.2) is 48.5 Å². The van der Waals surface area contributed by atoms with Crippen LogP contribution in [0.3, 0.4) is 0 Å². The van der Waals surface area contributed by atoms with E-state index in [9.17, 15) is 10.1 Å². The number of piperidine rings is 1. The molecule has 0 saturated carbocycles. The molecule has 1 fully saturated rings. The Morgan fingerprint density at radius 1 is 1.15 bits per heavy atom. The van der Waals surface area contributed by atoms with Crippen molar-refractivity contribution in [1.82, 2.24) is 10.2 Å². The first-order chi connectivity index (χ1) is 12.7. The van der Waals surface area contributed by atoms with Crippen LogP contribution in [0.5, 0.6) is 0 Å². The molecule has 0 radical (unpaired) electrons. The van der Waals surface area contributed by atoms with Crippen LogP contribution in [-0.2, 0) is 6.54 Å². The summed E-state index contributed by atoms with van der Waals surface area (Å²) in [5.74, 6) is 0.322. The minimum absolute atomic E-state index is 0.0553. The number of rotatable bonds is 4. The predicted octanol–water partition coefficient (Wildman–Crippen LogP) is 3.14. The molecule has 1 heterocycles. The quantitative estimate of drug-likeness (QED) is 0.890. The Bertz CT molecular complexity index is 788. The highest BCUT2D eigenvalue weighted by atomic mass is 16.3. The van der Waals surface area contributed by atoms with Crippen LogP contribution < -0.4 is 5.32 Å². The predicted molar refractivity (Wildman–Crippen MR) is 100 cm³/mol. The number of urea groups is 1. The molecule has 1 saturated heterocycles. The largest absolute Gasteiger partial charge is 0.396 e. The van der Waals surface area contributed by atoms with Gasteiger partial charge in [0, 0.05) is 26.2 Å². The first-order valence-electron chi connectivity index (χ1n) is 8.93. The topological polar surface area (TPSA) is 76.4 Å². The van der Waals surface area contributed by atoms with Gasteiger partial charge in [0.15, 0.2) is 0 Å². The van der Waals surface area contributed by atoms with Gasteiger partial charge in [0.1, 0.15) is 0 Å². The lowest BCUT2D eigenvalue weighted by atomic mass is 9.98. The van der Waals surface area contributed by atoms with Crippen molar-refractivity contribution in [2.45, 2.75) is 19.4 Å². The molecule has 0 unspecified atom stereocenters. The molecule has 2 N–H and O–H groups in total. The first-order valence-corrected chi connectivity index (χ1v) is 8.93. The van der Waals surface area contributed by atoms with Crippen molar-refractivity contribution in [3.63, 3.8) is 0 Å². The molecule has 0 aliphatic carbocycles. The third-order valence-corrected chi connectivity index (χ3v) is 4.92. The standard InChI is InChI=1S/C21H23N3O2/c22-13-19-3-1-2-4-20(19)18-7-5-16(6-8-18)14-23-21(26)24-11-9-17(15-25)10-12-24/h1-8,17,25H,9-12,14-15H2,(H,23,26). The molecule has 5 nitrogen and oxygen atoms in total. The Labute approximate surface area is 153 Å². The Kier molecular flexibility index (Phi) is 5.88. The summed E-state index contributed by atoms with van der Waals surface area (Å²) in [4.78, 5) is 14.1. The molecule has 134 valence electrons. The summed E-state index contributed by atoms with van der Waals surface area (Å²) in [6.45, 7) is 2.07. The molecule has 5 heteroatoms. The maximum absolute atomic E-state index is 12.3. The van der Waals surface area contributed by atoms with Crippen molar-refractivity contribution in [2.75, 3.05) is 19.7 Å². The van der Waals surface area contributed by atoms with Crippen LogP contribution >= 0.6 is 0 Å². The lowest BCUT2D eigenvalue weighted by Gasteiger charge is -2.31. The van der Waals surface area contributed by atoms with Gasteiger partial charge in [0.2, 0.25) is 0 Å². The number of aliphatic hydroxyl groups is 1. The van der Waals surface area contributed by atoms with E-state index in [-0.39, 0.29) is 12.6 Å². The van der Waals surface area contributed by atoms with E-state index in [1.54, 1.807) is 0 Å². The monoisotopic (exact) mass is 349 g/mol. The number of nitrogens with zero attached hydrogens (tertiary/aromatic N) is 2. The smallest absolute Gasteiger partial charge is 0.317 e. The molecule has 0 bridgehead atoms. The normalized spacial score (nSPS) is 14.7. The average molecular weight is 349 g/mol. The van der Waals surface area contributed by atoms with Crippen LogP contribution in [0.2, 0.25) is 0 Å². The zero-order valence-electron chi connectivity index (χ0n) is 14.7. The van der Waals surface area contributed by atoms with E-state index in [4.69, 9.17) is 5.11 Å². The van der Waals surface area contributed by atoms with Gasteiger partial charge in [0.05, 0.1) is 11.6 Å². The minimum Gasteiger partial charge on any atom is -0.396 e. The number of hydrogen-bond donors (Lipinski definition) is 2. The summed E-state index contributed by atoms with van der Waals surface area (Å²) in [6, 6.07) is 17.6. The maximum atomic E-state index is 12.3. The van der Waals surface area contributed by atoms with Crippen molar-refractivity contribution in [1.29, 1.82) is 5.26 Å². The Balaban J connectivity index is 1.57. The van der Waals surface area contributed by atoms with Gasteiger partial charge in [-0.3, -0.25) is 0 Å². The summed E-state index contributed by atoms with van der Waals surface area (Å²) in [5, 5.41) is 21.3. The molecule has 0 spiro atoms. The van der Waals surface area contributed by atoms with Crippen LogP contribution in [0, 0.1) is 17.2 Å². The number of likely N-dealkylation sites (tertiary alicyclic amines) is 1. The van der Waals surface area contributed by atoms with Crippen molar-refractivity contribution >= 4 is 6.03 Å². The van der Waals surface area contributed by atoms with Crippen LogP contribution in [-0.4, -0.2) is 35.7 Å². The van der Waals surface area contributed by atoms with Gasteiger partial charge >= 0.3 is 6.03 Å². The van der Waals surface area contributed by atoms with Crippen molar-refractivity contribution < 1.29 is 9.90 Å². The second kappa shape index (κ2) is 8.50. The van der Waals surface area contributed by atoms with E-state index in [0.717, 1.165) is 29.5 Å². The first kappa shape index (κ1) is 18.0. The molecule has 2 aromatic carbocycles. The van der Waals surface area contributed by atoms with Crippen LogP contribution in [0.25, 0.3) is 11.1 Å². The Morgan fingerprint density at radius 2 is 1.85 bits per heavy atom. The number of carbonyl (C=O) groups is 1. The number of benzene rings is 2. The minimum atomic E-state index is -0.0553. The number of aliphatic hydroxyl groups excluding tert-OH is 1. The average Bonchev–Trinajstić information content (AvgIpc) is 2.72. The summed E-state index contributed by atoms with van der Waals surface area (Å²) in [7, 11) is 0. The highest BCUT2D eigenvalue weighted by Gasteiger charge is 2.21. The fourth-order valence-corrected chi connectivity index (χ4v) is 3.24. The summed E-state index contributed by atoms with van der Waals surface area (Å²) in [5.41, 5.74) is 3.57. The Morgan fingerprint density at radius 3 is 2.50 bits per heavy atom. The van der Waals surface area contributed by atoms with E-state index in [2.05, 4.69) is 11.4 Å². The fourth-order valence-electron chi connectivity index (χ4n) is 3.24. The molecule has 2 aromatic rings. The highest BCUT2D eigenvalue weighted by molar-refractivity contribution is 5.74. The molecular formula is C21H23N3O2. The molecule has 1 aliphatic heterocycles. The van der Waals surface area contributed by atoms with Crippen LogP contribution in [0.1, 0.15) is 24.0 Å². The van der Waals surface area contributed by atoms with Gasteiger partial charge in [-0.25, -0.2) is 4.79 Å². The highest BCUT2D eigenvalue weighted by Crippen LogP contribution is 2.23. The van der Waals surface area contributed by atoms with Gasteiger partial charge < -0.3 is 15.3 Å². The number of hydrogen-bond acceptors (Lipinski definition) is 3. The molecule has 26 heavy (non-hydrogen) atoms. The van der Waals surface area contributed by atoms with Gasteiger partial charge in [-0.2, -0.15) is 5.26 Å². The van der Waals surface area contributed by atoms with E-state index in [0.29, 0.717) is 31.1 Å². The third-order valence-electron chi connectivity index (χ3n) is 4.92. The number of nitriles is 1. The molecule has 3 rings (SSSR count). The summed E-state index contributed by atoms with van der Waals surface area (Å²) >= 11 is 0. The van der Waals surface area contributed by atoms with Gasteiger partial charge in [-0.05, 0) is 41.5 Å². The van der Waals surface area contributed by atoms with Crippen molar-refractivity contribution in [3.05, 3.63) is 59.7 Å². The lowest BCUT2D eigenvalue weighted by Crippen LogP contribution is -2.44. The molecule has 0 aromatic heterocycles. The zero-order valence-corrected chi connectivity index (χ0v) is 14.7. The summed E-state index contributed by atoms with van der Waals surface area (Å²) < 4.78 is 0. The lowest BCUT2D eigenvalue weighted by molar-refractivity contribution is 0.137. The van der Waals surface area contributed by atoms with Gasteiger partial charge in [0.25, 0.3) is 0 Å². The zero-order chi connectivity index (χ0) is 18.4. The molecule has 2 amide bonds. The molecule has 1 aliphatic rings. The maximum Gasteiger partial charge on any atom is 0.317 e. The summed E-state index contributed by atoms with van der Waals surface area (Å²) in [6.07, 6.45) is 1.72. The molecule has 0 atom stereocenters.